The van der Waals surface area contributed by atoms with Crippen molar-refractivity contribution in [2.24, 2.45) is 10.9 Å². The summed E-state index contributed by atoms with van der Waals surface area (Å²) in [5, 5.41) is 7.41. The molecule has 1 atom stereocenters. The number of likely N-dealkylation sites (tertiary alicyclic amines) is 1. The van der Waals surface area contributed by atoms with Crippen LogP contribution in [-0.4, -0.2) is 40.8 Å². The average molecular weight is 383 g/mol. The van der Waals surface area contributed by atoms with Gasteiger partial charge in [-0.1, -0.05) is 31.0 Å². The third-order valence-corrected chi connectivity index (χ3v) is 6.35. The Hall–Kier alpha value is -1.88. The minimum absolute atomic E-state index is 0.183. The molecule has 0 bridgehead atoms. The molecule has 5 heteroatoms. The van der Waals surface area contributed by atoms with Gasteiger partial charge in [-0.2, -0.15) is 0 Å². The van der Waals surface area contributed by atoms with Gasteiger partial charge in [0.15, 0.2) is 0 Å². The third-order valence-electron chi connectivity index (χ3n) is 6.35. The molecule has 0 radical (unpaired) electrons. The van der Waals surface area contributed by atoms with Crippen LogP contribution in [0.2, 0.25) is 0 Å². The Morgan fingerprint density at radius 2 is 2.00 bits per heavy atom. The number of amidine groups is 1. The van der Waals surface area contributed by atoms with E-state index in [0.29, 0.717) is 18.4 Å². The number of hydrogen-bond acceptors (Lipinski definition) is 3. The zero-order chi connectivity index (χ0) is 19.8. The fourth-order valence-electron chi connectivity index (χ4n) is 4.81. The molecule has 3 aliphatic rings. The average Bonchev–Trinajstić information content (AvgIpc) is 3.27. The van der Waals surface area contributed by atoms with Gasteiger partial charge in [0.05, 0.1) is 11.1 Å². The van der Waals surface area contributed by atoms with Gasteiger partial charge in [0.2, 0.25) is 5.91 Å². The Morgan fingerprint density at radius 1 is 1.25 bits per heavy atom. The highest BCUT2D eigenvalue weighted by atomic mass is 16.2. The van der Waals surface area contributed by atoms with Crippen molar-refractivity contribution in [2.45, 2.75) is 76.9 Å². The van der Waals surface area contributed by atoms with Crippen LogP contribution in [0.1, 0.15) is 64.9 Å². The van der Waals surface area contributed by atoms with Crippen molar-refractivity contribution in [3.05, 3.63) is 29.8 Å². The van der Waals surface area contributed by atoms with Crippen molar-refractivity contribution < 1.29 is 4.79 Å². The van der Waals surface area contributed by atoms with Gasteiger partial charge in [-0.15, -0.1) is 0 Å². The van der Waals surface area contributed by atoms with Crippen LogP contribution >= 0.6 is 0 Å². The number of hydrogen-bond donors (Lipinski definition) is 2. The van der Waals surface area contributed by atoms with Crippen LogP contribution in [0.25, 0.3) is 0 Å². The lowest BCUT2D eigenvalue weighted by Crippen LogP contribution is -2.56. The van der Waals surface area contributed by atoms with E-state index in [4.69, 9.17) is 4.99 Å². The van der Waals surface area contributed by atoms with Crippen molar-refractivity contribution >= 4 is 17.4 Å². The Morgan fingerprint density at radius 3 is 2.75 bits per heavy atom. The summed E-state index contributed by atoms with van der Waals surface area (Å²) in [6, 6.07) is 8.41. The molecule has 0 unspecified atom stereocenters. The van der Waals surface area contributed by atoms with Gasteiger partial charge < -0.3 is 10.2 Å². The molecule has 1 aromatic rings. The summed E-state index contributed by atoms with van der Waals surface area (Å²) >= 11 is 0. The van der Waals surface area contributed by atoms with E-state index in [1.165, 1.54) is 31.2 Å². The van der Waals surface area contributed by atoms with Crippen molar-refractivity contribution in [1.82, 2.24) is 10.2 Å². The summed E-state index contributed by atoms with van der Waals surface area (Å²) in [7, 11) is 0. The lowest BCUT2D eigenvalue weighted by Gasteiger charge is -2.32. The number of nitrogens with one attached hydrogen (secondary N) is 2. The van der Waals surface area contributed by atoms with E-state index in [0.717, 1.165) is 37.5 Å². The Bertz CT molecular complexity index is 760. The van der Waals surface area contributed by atoms with E-state index in [9.17, 15) is 4.79 Å². The Balaban J connectivity index is 1.57. The highest BCUT2D eigenvalue weighted by Crippen LogP contribution is 2.33. The fraction of sp³-hybridized carbons (Fsp3) is 0.652. The third kappa shape index (κ3) is 4.09. The van der Waals surface area contributed by atoms with Gasteiger partial charge in [-0.3, -0.25) is 15.1 Å². The maximum absolute atomic E-state index is 13.0. The molecule has 1 amide bonds. The molecule has 2 fully saturated rings. The molecule has 1 aromatic carbocycles. The minimum Gasteiger partial charge on any atom is -0.342 e. The predicted octanol–water partition coefficient (Wildman–Crippen LogP) is 3.95. The topological polar surface area (TPSA) is 56.7 Å². The molecule has 0 aromatic heterocycles. The molecule has 4 rings (SSSR count). The maximum Gasteiger partial charge on any atom is 0.222 e. The lowest BCUT2D eigenvalue weighted by molar-refractivity contribution is -0.131. The molecule has 2 aliphatic heterocycles. The Labute approximate surface area is 169 Å². The first-order valence-electron chi connectivity index (χ1n) is 10.8. The van der Waals surface area contributed by atoms with Crippen LogP contribution in [0.3, 0.4) is 0 Å². The van der Waals surface area contributed by atoms with Crippen LogP contribution in [-0.2, 0) is 11.3 Å². The van der Waals surface area contributed by atoms with E-state index >= 15 is 0 Å². The summed E-state index contributed by atoms with van der Waals surface area (Å²) in [5.74, 6) is 1.89. The number of para-hydroxylation sites is 1. The van der Waals surface area contributed by atoms with Crippen LogP contribution < -0.4 is 10.6 Å². The predicted molar refractivity (Wildman–Crippen MR) is 115 cm³/mol. The van der Waals surface area contributed by atoms with Gasteiger partial charge in [0.25, 0.3) is 0 Å². The molecule has 1 saturated carbocycles. The van der Waals surface area contributed by atoms with Crippen LogP contribution in [0, 0.1) is 5.92 Å². The SMILES string of the molecule is CC(C)(C)N=C1Nc2ccccc2CN[C@]12CCN(C(=O)CC1CCCC1)C2. The largest absolute Gasteiger partial charge is 0.342 e. The number of fused-ring (bicyclic) bond motifs is 1. The lowest BCUT2D eigenvalue weighted by atomic mass is 9.95. The maximum atomic E-state index is 13.0. The van der Waals surface area contributed by atoms with E-state index in [1.807, 2.05) is 0 Å². The van der Waals surface area contributed by atoms with E-state index < -0.39 is 0 Å². The van der Waals surface area contributed by atoms with Gasteiger partial charge in [0.1, 0.15) is 5.84 Å². The first-order valence-corrected chi connectivity index (χ1v) is 10.8. The second-order valence-electron chi connectivity index (χ2n) is 9.77. The van der Waals surface area contributed by atoms with Gasteiger partial charge in [0, 0.05) is 31.7 Å². The van der Waals surface area contributed by atoms with Crippen LogP contribution in [0.4, 0.5) is 5.69 Å². The number of carbonyl (C=O) groups excluding carboxylic acids is 1. The number of benzene rings is 1. The molecule has 152 valence electrons. The molecule has 1 spiro atoms. The molecule has 5 nitrogen and oxygen atoms in total. The monoisotopic (exact) mass is 382 g/mol. The zero-order valence-corrected chi connectivity index (χ0v) is 17.6. The van der Waals surface area contributed by atoms with Crippen molar-refractivity contribution in [3.63, 3.8) is 0 Å². The molecular weight excluding hydrogens is 348 g/mol. The number of aliphatic imine (C=N–C) groups is 1. The number of nitrogens with zero attached hydrogens (tertiary/aromatic N) is 2. The molecule has 1 saturated heterocycles. The summed E-state index contributed by atoms with van der Waals surface area (Å²) in [6.07, 6.45) is 6.63. The van der Waals surface area contributed by atoms with Crippen molar-refractivity contribution in [2.75, 3.05) is 18.4 Å². The minimum atomic E-state index is -0.294. The van der Waals surface area contributed by atoms with E-state index in [2.05, 4.69) is 60.6 Å². The van der Waals surface area contributed by atoms with Crippen molar-refractivity contribution in [3.8, 4) is 0 Å². The molecule has 1 aliphatic carbocycles. The quantitative estimate of drug-likeness (QED) is 0.814. The summed E-state index contributed by atoms with van der Waals surface area (Å²) < 4.78 is 0. The number of anilines is 1. The van der Waals surface area contributed by atoms with Gasteiger partial charge in [-0.05, 0) is 57.6 Å². The molecule has 28 heavy (non-hydrogen) atoms. The zero-order valence-electron chi connectivity index (χ0n) is 17.6. The number of rotatable bonds is 2. The summed E-state index contributed by atoms with van der Waals surface area (Å²) in [5.41, 5.74) is 1.89. The van der Waals surface area contributed by atoms with Crippen molar-refractivity contribution in [1.29, 1.82) is 0 Å². The fourth-order valence-corrected chi connectivity index (χ4v) is 4.81. The summed E-state index contributed by atoms with van der Waals surface area (Å²) in [4.78, 5) is 20.1. The highest BCUT2D eigenvalue weighted by Gasteiger charge is 2.46. The number of carbonyl (C=O) groups is 1. The summed E-state index contributed by atoms with van der Waals surface area (Å²) in [6.45, 7) is 8.68. The molecular formula is C23H34N4O. The standard InChI is InChI=1S/C23H34N4O/c1-22(2,3)26-21-23(24-15-18-10-6-7-11-19(18)25-21)12-13-27(16-23)20(28)14-17-8-4-5-9-17/h6-7,10-11,17,24H,4-5,8-9,12-16H2,1-3H3,(H,25,26)/t23-/m0/s1. The highest BCUT2D eigenvalue weighted by molar-refractivity contribution is 6.04. The van der Waals surface area contributed by atoms with Crippen LogP contribution in [0.15, 0.2) is 29.3 Å². The Kier molecular flexibility index (Phi) is 5.21. The molecule has 2 heterocycles. The van der Waals surface area contributed by atoms with E-state index in [-0.39, 0.29) is 11.1 Å². The number of amides is 1. The van der Waals surface area contributed by atoms with Gasteiger partial charge in [-0.25, -0.2) is 0 Å². The first kappa shape index (κ1) is 19.4. The second-order valence-corrected chi connectivity index (χ2v) is 9.77. The normalized spacial score (nSPS) is 27.1. The molecule has 2 N–H and O–H groups in total. The first-order chi connectivity index (χ1) is 13.3. The van der Waals surface area contributed by atoms with E-state index in [1.54, 1.807) is 0 Å². The van der Waals surface area contributed by atoms with Crippen LogP contribution in [0.5, 0.6) is 0 Å². The van der Waals surface area contributed by atoms with Gasteiger partial charge >= 0.3 is 0 Å². The smallest absolute Gasteiger partial charge is 0.222 e. The second kappa shape index (κ2) is 7.51.